The number of urea groups is 1. The van der Waals surface area contributed by atoms with Gasteiger partial charge in [-0.3, -0.25) is 4.57 Å². The van der Waals surface area contributed by atoms with Gasteiger partial charge in [0.05, 0.1) is 4.90 Å². The molecule has 4 aromatic rings. The van der Waals surface area contributed by atoms with Crippen LogP contribution in [0.25, 0.3) is 16.9 Å². The minimum atomic E-state index is -3.90. The molecule has 170 valence electrons. The van der Waals surface area contributed by atoms with Gasteiger partial charge < -0.3 is 5.32 Å². The molecule has 0 saturated carbocycles. The van der Waals surface area contributed by atoms with Crippen molar-refractivity contribution in [1.29, 1.82) is 0 Å². The normalized spacial score (nSPS) is 11.5. The lowest BCUT2D eigenvalue weighted by atomic mass is 10.1. The maximum atomic E-state index is 12.3. The number of rotatable bonds is 6. The maximum absolute atomic E-state index is 12.3. The monoisotopic (exact) mass is 463 g/mol. The van der Waals surface area contributed by atoms with Gasteiger partial charge in [0.2, 0.25) is 0 Å². The lowest BCUT2D eigenvalue weighted by Crippen LogP contribution is -2.40. The van der Waals surface area contributed by atoms with E-state index in [0.29, 0.717) is 13.0 Å². The highest BCUT2D eigenvalue weighted by Crippen LogP contribution is 2.20. The summed E-state index contributed by atoms with van der Waals surface area (Å²) in [6.07, 6.45) is 2.32. The van der Waals surface area contributed by atoms with Crippen LogP contribution in [0.3, 0.4) is 0 Å². The summed E-state index contributed by atoms with van der Waals surface area (Å²) in [5, 5.41) is 2.59. The zero-order chi connectivity index (χ0) is 23.6. The second-order valence-electron chi connectivity index (χ2n) is 7.96. The molecule has 9 heteroatoms. The number of benzene rings is 2. The number of imidazole rings is 1. The summed E-state index contributed by atoms with van der Waals surface area (Å²) in [4.78, 5) is 21.2. The molecule has 2 N–H and O–H groups in total. The van der Waals surface area contributed by atoms with Crippen LogP contribution in [0.15, 0.2) is 65.8 Å². The molecule has 4 rings (SSSR count). The number of nitrogens with one attached hydrogen (secondary N) is 2. The maximum Gasteiger partial charge on any atom is 0.328 e. The van der Waals surface area contributed by atoms with E-state index in [9.17, 15) is 13.2 Å². The fourth-order valence-corrected chi connectivity index (χ4v) is 4.50. The highest BCUT2D eigenvalue weighted by Gasteiger charge is 2.17. The molecule has 0 bridgehead atoms. The third-order valence-electron chi connectivity index (χ3n) is 5.30. The fraction of sp³-hybridized carbons (Fsp3) is 0.208. The molecule has 2 heterocycles. The average molecular weight is 464 g/mol. The van der Waals surface area contributed by atoms with Crippen molar-refractivity contribution >= 4 is 27.2 Å². The second-order valence-corrected chi connectivity index (χ2v) is 9.64. The van der Waals surface area contributed by atoms with Gasteiger partial charge in [-0.2, -0.15) is 0 Å². The van der Waals surface area contributed by atoms with Crippen molar-refractivity contribution in [1.82, 2.24) is 24.6 Å². The average Bonchev–Trinajstić information content (AvgIpc) is 3.18. The molecule has 0 aliphatic heterocycles. The van der Waals surface area contributed by atoms with Gasteiger partial charge in [0, 0.05) is 17.9 Å². The summed E-state index contributed by atoms with van der Waals surface area (Å²) < 4.78 is 28.6. The standard InChI is InChI=1S/C24H25N5O3S/c1-16-4-10-21(11-5-16)33(31,32)28-24(30)25-13-12-19-6-8-20(9-7-19)29-15-26-22-17(2)14-18(3)27-23(22)29/h4-11,14-15H,12-13H2,1-3H3,(H2,25,28,30). The van der Waals surface area contributed by atoms with Crippen molar-refractivity contribution < 1.29 is 13.2 Å². The van der Waals surface area contributed by atoms with Crippen molar-refractivity contribution in [3.8, 4) is 5.69 Å². The molecule has 2 amide bonds. The van der Waals surface area contributed by atoms with Gasteiger partial charge in [-0.05, 0) is 68.7 Å². The summed E-state index contributed by atoms with van der Waals surface area (Å²) in [5.74, 6) is 0. The van der Waals surface area contributed by atoms with E-state index in [4.69, 9.17) is 0 Å². The topological polar surface area (TPSA) is 106 Å². The van der Waals surface area contributed by atoms with E-state index in [1.807, 2.05) is 60.4 Å². The molecule has 0 unspecified atom stereocenters. The van der Waals surface area contributed by atoms with Gasteiger partial charge in [0.15, 0.2) is 5.65 Å². The predicted octanol–water partition coefficient (Wildman–Crippen LogP) is 3.58. The Morgan fingerprint density at radius 3 is 2.39 bits per heavy atom. The molecule has 0 fully saturated rings. The van der Waals surface area contributed by atoms with Crippen LogP contribution in [0.5, 0.6) is 0 Å². The molecule has 2 aromatic carbocycles. The van der Waals surface area contributed by atoms with E-state index in [1.165, 1.54) is 12.1 Å². The number of aryl methyl sites for hydroxylation is 3. The number of pyridine rings is 1. The minimum Gasteiger partial charge on any atom is -0.337 e. The van der Waals surface area contributed by atoms with Crippen LogP contribution in [-0.4, -0.2) is 35.5 Å². The summed E-state index contributed by atoms with van der Waals surface area (Å²) in [6, 6.07) is 15.4. The first kappa shape index (κ1) is 22.5. The van der Waals surface area contributed by atoms with Gasteiger partial charge in [0.25, 0.3) is 10.0 Å². The SMILES string of the molecule is Cc1ccc(S(=O)(=O)NC(=O)NCCc2ccc(-n3cnc4c(C)cc(C)nc43)cc2)cc1. The Balaban J connectivity index is 1.35. The summed E-state index contributed by atoms with van der Waals surface area (Å²) in [5.41, 5.74) is 6.59. The Hall–Kier alpha value is -3.72. The first-order chi connectivity index (χ1) is 15.7. The zero-order valence-electron chi connectivity index (χ0n) is 18.7. The van der Waals surface area contributed by atoms with Crippen LogP contribution in [-0.2, 0) is 16.4 Å². The first-order valence-electron chi connectivity index (χ1n) is 10.5. The number of nitrogens with zero attached hydrogens (tertiary/aromatic N) is 3. The van der Waals surface area contributed by atoms with Crippen LogP contribution in [0.4, 0.5) is 4.79 Å². The number of hydrogen-bond acceptors (Lipinski definition) is 5. The first-order valence-corrected chi connectivity index (χ1v) is 12.0. The van der Waals surface area contributed by atoms with E-state index in [2.05, 4.69) is 15.3 Å². The zero-order valence-corrected chi connectivity index (χ0v) is 19.5. The number of aromatic nitrogens is 3. The number of carbonyl (C=O) groups excluding carboxylic acids is 1. The number of fused-ring (bicyclic) bond motifs is 1. The van der Waals surface area contributed by atoms with E-state index in [-0.39, 0.29) is 4.90 Å². The molecule has 0 spiro atoms. The highest BCUT2D eigenvalue weighted by molar-refractivity contribution is 7.90. The molecule has 33 heavy (non-hydrogen) atoms. The molecular weight excluding hydrogens is 438 g/mol. The summed E-state index contributed by atoms with van der Waals surface area (Å²) >= 11 is 0. The van der Waals surface area contributed by atoms with Crippen LogP contribution >= 0.6 is 0 Å². The van der Waals surface area contributed by atoms with E-state index in [1.54, 1.807) is 18.5 Å². The molecular formula is C24H25N5O3S. The lowest BCUT2D eigenvalue weighted by Gasteiger charge is -2.10. The predicted molar refractivity (Wildman–Crippen MR) is 127 cm³/mol. The van der Waals surface area contributed by atoms with Gasteiger partial charge in [-0.1, -0.05) is 29.8 Å². The van der Waals surface area contributed by atoms with Gasteiger partial charge in [0.1, 0.15) is 11.8 Å². The fourth-order valence-electron chi connectivity index (χ4n) is 3.57. The highest BCUT2D eigenvalue weighted by atomic mass is 32.2. The van der Waals surface area contributed by atoms with Crippen molar-refractivity contribution in [2.75, 3.05) is 6.54 Å². The Labute approximate surface area is 192 Å². The van der Waals surface area contributed by atoms with Gasteiger partial charge in [-0.25, -0.2) is 27.9 Å². The van der Waals surface area contributed by atoms with Crippen LogP contribution in [0.1, 0.15) is 22.4 Å². The smallest absolute Gasteiger partial charge is 0.328 e. The van der Waals surface area contributed by atoms with Crippen molar-refractivity contribution in [3.63, 3.8) is 0 Å². The van der Waals surface area contributed by atoms with E-state index in [0.717, 1.165) is 39.2 Å². The summed E-state index contributed by atoms with van der Waals surface area (Å²) in [7, 11) is -3.90. The summed E-state index contributed by atoms with van der Waals surface area (Å²) in [6.45, 7) is 6.14. The molecule has 0 atom stereocenters. The van der Waals surface area contributed by atoms with Crippen LogP contribution in [0, 0.1) is 20.8 Å². The Bertz CT molecular complexity index is 1410. The number of amides is 2. The lowest BCUT2D eigenvalue weighted by molar-refractivity contribution is 0.246. The quantitative estimate of drug-likeness (QED) is 0.455. The van der Waals surface area contributed by atoms with Crippen molar-refractivity contribution in [2.24, 2.45) is 0 Å². The van der Waals surface area contributed by atoms with Gasteiger partial charge >= 0.3 is 6.03 Å². The Kier molecular flexibility index (Phi) is 6.15. The van der Waals surface area contributed by atoms with Gasteiger partial charge in [-0.15, -0.1) is 0 Å². The van der Waals surface area contributed by atoms with Crippen molar-refractivity contribution in [3.05, 3.63) is 83.3 Å². The van der Waals surface area contributed by atoms with Crippen LogP contribution in [0.2, 0.25) is 0 Å². The van der Waals surface area contributed by atoms with Crippen molar-refractivity contribution in [2.45, 2.75) is 32.1 Å². The molecule has 0 saturated heterocycles. The second kappa shape index (κ2) is 9.03. The minimum absolute atomic E-state index is 0.0470. The molecule has 8 nitrogen and oxygen atoms in total. The Morgan fingerprint density at radius 1 is 1.00 bits per heavy atom. The number of sulfonamides is 1. The number of carbonyl (C=O) groups is 1. The number of hydrogen-bond donors (Lipinski definition) is 2. The molecule has 0 aliphatic rings. The molecule has 0 radical (unpaired) electrons. The van der Waals surface area contributed by atoms with E-state index >= 15 is 0 Å². The third-order valence-corrected chi connectivity index (χ3v) is 6.64. The van der Waals surface area contributed by atoms with E-state index < -0.39 is 16.1 Å². The largest absolute Gasteiger partial charge is 0.337 e. The van der Waals surface area contributed by atoms with Crippen LogP contribution < -0.4 is 10.0 Å². The molecule has 2 aromatic heterocycles. The third kappa shape index (κ3) is 5.04. The molecule has 0 aliphatic carbocycles. The Morgan fingerprint density at radius 2 is 1.70 bits per heavy atom.